The largest absolute Gasteiger partial charge is 0.244 e. The smallest absolute Gasteiger partial charge is 0.207 e. The second-order valence-electron chi connectivity index (χ2n) is 5.07. The molecule has 0 N–H and O–H groups in total. The van der Waals surface area contributed by atoms with Crippen LogP contribution in [0.25, 0.3) is 0 Å². The van der Waals surface area contributed by atoms with Crippen LogP contribution in [0.5, 0.6) is 0 Å². The molecule has 0 spiro atoms. The van der Waals surface area contributed by atoms with Crippen LogP contribution in [0, 0.1) is 0 Å². The van der Waals surface area contributed by atoms with Crippen molar-refractivity contribution in [3.8, 4) is 0 Å². The number of benzene rings is 1. The molecular weight excluding hydrogens is 362 g/mol. The van der Waals surface area contributed by atoms with Gasteiger partial charge in [-0.15, -0.1) is 11.6 Å². The van der Waals surface area contributed by atoms with Gasteiger partial charge in [-0.3, -0.25) is 0 Å². The Balaban J connectivity index is 2.32. The number of nitrogens with zero attached hydrogens (tertiary/aromatic N) is 1. The van der Waals surface area contributed by atoms with Crippen molar-refractivity contribution in [1.82, 2.24) is 4.31 Å². The van der Waals surface area contributed by atoms with Crippen LogP contribution in [-0.2, 0) is 15.9 Å². The summed E-state index contributed by atoms with van der Waals surface area (Å²) >= 11 is 9.16. The standard InChI is InChI=1S/C14H19BrClNO2S/c15-13-7-6-12(11-16)10-14(13)20(18,19)17-8-4-2-1-3-5-9-17/h6-7,10H,1-5,8-9,11H2. The quantitative estimate of drug-likeness (QED) is 0.739. The maximum Gasteiger partial charge on any atom is 0.244 e. The summed E-state index contributed by atoms with van der Waals surface area (Å²) in [6.07, 6.45) is 5.29. The van der Waals surface area contributed by atoms with Crippen LogP contribution in [0.3, 0.4) is 0 Å². The van der Waals surface area contributed by atoms with E-state index in [4.69, 9.17) is 11.6 Å². The Bertz CT molecular complexity index is 554. The molecule has 0 aliphatic carbocycles. The van der Waals surface area contributed by atoms with Crippen molar-refractivity contribution in [2.45, 2.75) is 42.9 Å². The van der Waals surface area contributed by atoms with Crippen LogP contribution in [0.15, 0.2) is 27.6 Å². The predicted molar refractivity (Wildman–Crippen MR) is 85.5 cm³/mol. The van der Waals surface area contributed by atoms with E-state index in [1.54, 1.807) is 16.4 Å². The zero-order valence-corrected chi connectivity index (χ0v) is 14.5. The zero-order chi connectivity index (χ0) is 14.6. The molecule has 2 rings (SSSR count). The van der Waals surface area contributed by atoms with Gasteiger partial charge in [0, 0.05) is 23.4 Å². The van der Waals surface area contributed by atoms with Gasteiger partial charge in [-0.25, -0.2) is 8.42 Å². The highest BCUT2D eigenvalue weighted by Crippen LogP contribution is 2.28. The molecule has 20 heavy (non-hydrogen) atoms. The number of rotatable bonds is 3. The molecule has 0 amide bonds. The Morgan fingerprint density at radius 2 is 1.70 bits per heavy atom. The third-order valence-electron chi connectivity index (χ3n) is 3.58. The van der Waals surface area contributed by atoms with Gasteiger partial charge in [0.05, 0.1) is 4.90 Å². The molecule has 0 radical (unpaired) electrons. The fourth-order valence-corrected chi connectivity index (χ4v) is 5.08. The molecule has 1 fully saturated rings. The minimum Gasteiger partial charge on any atom is -0.207 e. The van der Waals surface area contributed by atoms with Gasteiger partial charge in [0.25, 0.3) is 0 Å². The lowest BCUT2D eigenvalue weighted by atomic mass is 10.1. The first-order valence-electron chi connectivity index (χ1n) is 6.90. The average molecular weight is 381 g/mol. The summed E-state index contributed by atoms with van der Waals surface area (Å²) in [5, 5.41) is 0. The molecule has 0 aromatic heterocycles. The topological polar surface area (TPSA) is 37.4 Å². The van der Waals surface area contributed by atoms with Gasteiger partial charge in [0.2, 0.25) is 10.0 Å². The lowest BCUT2D eigenvalue weighted by Gasteiger charge is -2.24. The van der Waals surface area contributed by atoms with Crippen LogP contribution in [0.4, 0.5) is 0 Å². The Morgan fingerprint density at radius 3 is 2.30 bits per heavy atom. The fourth-order valence-electron chi connectivity index (χ4n) is 2.43. The lowest BCUT2D eigenvalue weighted by Crippen LogP contribution is -2.34. The van der Waals surface area contributed by atoms with Crippen molar-refractivity contribution in [1.29, 1.82) is 0 Å². The van der Waals surface area contributed by atoms with Gasteiger partial charge in [0.1, 0.15) is 0 Å². The highest BCUT2D eigenvalue weighted by Gasteiger charge is 2.26. The van der Waals surface area contributed by atoms with E-state index in [0.717, 1.165) is 31.2 Å². The number of halogens is 2. The van der Waals surface area contributed by atoms with Crippen molar-refractivity contribution in [3.05, 3.63) is 28.2 Å². The first-order chi connectivity index (χ1) is 9.55. The van der Waals surface area contributed by atoms with Crippen LogP contribution < -0.4 is 0 Å². The fraction of sp³-hybridized carbons (Fsp3) is 0.571. The van der Waals surface area contributed by atoms with E-state index >= 15 is 0 Å². The van der Waals surface area contributed by atoms with E-state index in [1.807, 2.05) is 6.07 Å². The normalized spacial score (nSPS) is 18.5. The van der Waals surface area contributed by atoms with Crippen LogP contribution >= 0.6 is 27.5 Å². The van der Waals surface area contributed by atoms with Crippen molar-refractivity contribution >= 4 is 37.6 Å². The summed E-state index contributed by atoms with van der Waals surface area (Å²) < 4.78 is 27.8. The summed E-state index contributed by atoms with van der Waals surface area (Å²) in [5.74, 6) is 0.315. The lowest BCUT2D eigenvalue weighted by molar-refractivity contribution is 0.364. The molecule has 1 aromatic rings. The van der Waals surface area contributed by atoms with Crippen molar-refractivity contribution in [3.63, 3.8) is 0 Å². The Hall–Kier alpha value is -0.100. The third kappa shape index (κ3) is 3.75. The number of alkyl halides is 1. The zero-order valence-electron chi connectivity index (χ0n) is 11.3. The molecule has 1 aromatic carbocycles. The average Bonchev–Trinajstić information content (AvgIpc) is 2.38. The SMILES string of the molecule is O=S(=O)(c1cc(CCl)ccc1Br)N1CCCCCCC1. The van der Waals surface area contributed by atoms with Gasteiger partial charge in [0.15, 0.2) is 0 Å². The van der Waals surface area contributed by atoms with E-state index in [0.29, 0.717) is 28.3 Å². The molecule has 1 aliphatic rings. The maximum absolute atomic E-state index is 12.8. The Morgan fingerprint density at radius 1 is 1.10 bits per heavy atom. The molecular formula is C14H19BrClNO2S. The molecule has 1 saturated heterocycles. The molecule has 1 aliphatic heterocycles. The van der Waals surface area contributed by atoms with E-state index in [9.17, 15) is 8.42 Å². The number of sulfonamides is 1. The second-order valence-corrected chi connectivity index (χ2v) is 8.10. The summed E-state index contributed by atoms with van der Waals surface area (Å²) in [4.78, 5) is 0.330. The van der Waals surface area contributed by atoms with Crippen molar-refractivity contribution in [2.24, 2.45) is 0 Å². The van der Waals surface area contributed by atoms with E-state index in [1.165, 1.54) is 6.42 Å². The molecule has 0 saturated carbocycles. The van der Waals surface area contributed by atoms with Gasteiger partial charge >= 0.3 is 0 Å². The van der Waals surface area contributed by atoms with Crippen molar-refractivity contribution in [2.75, 3.05) is 13.1 Å². The van der Waals surface area contributed by atoms with E-state index in [-0.39, 0.29) is 0 Å². The van der Waals surface area contributed by atoms with Gasteiger partial charge < -0.3 is 0 Å². The maximum atomic E-state index is 12.8. The molecule has 0 unspecified atom stereocenters. The molecule has 0 bridgehead atoms. The van der Waals surface area contributed by atoms with Gasteiger partial charge in [-0.2, -0.15) is 4.31 Å². The Labute approximate surface area is 134 Å². The predicted octanol–water partition coefficient (Wildman–Crippen LogP) is 4.14. The van der Waals surface area contributed by atoms with E-state index < -0.39 is 10.0 Å². The summed E-state index contributed by atoms with van der Waals surface area (Å²) in [5.41, 5.74) is 0.820. The summed E-state index contributed by atoms with van der Waals surface area (Å²) in [6.45, 7) is 1.22. The molecule has 112 valence electrons. The molecule has 0 atom stereocenters. The van der Waals surface area contributed by atoms with Gasteiger partial charge in [-0.05, 0) is 46.5 Å². The second kappa shape index (κ2) is 7.25. The first kappa shape index (κ1) is 16.3. The summed E-state index contributed by atoms with van der Waals surface area (Å²) in [7, 11) is -3.44. The van der Waals surface area contributed by atoms with Crippen LogP contribution in [0.1, 0.15) is 37.7 Å². The minimum atomic E-state index is -3.44. The van der Waals surface area contributed by atoms with Crippen LogP contribution in [0.2, 0.25) is 0 Å². The molecule has 1 heterocycles. The monoisotopic (exact) mass is 379 g/mol. The van der Waals surface area contributed by atoms with Crippen LogP contribution in [-0.4, -0.2) is 25.8 Å². The summed E-state index contributed by atoms with van der Waals surface area (Å²) in [6, 6.07) is 5.27. The van der Waals surface area contributed by atoms with Gasteiger partial charge in [-0.1, -0.05) is 25.3 Å². The number of hydrogen-bond acceptors (Lipinski definition) is 2. The molecule has 6 heteroatoms. The third-order valence-corrected chi connectivity index (χ3v) is 6.78. The Kier molecular flexibility index (Phi) is 5.90. The highest BCUT2D eigenvalue weighted by molar-refractivity contribution is 9.10. The molecule has 3 nitrogen and oxygen atoms in total. The minimum absolute atomic E-state index is 0.315. The highest BCUT2D eigenvalue weighted by atomic mass is 79.9. The number of hydrogen-bond donors (Lipinski definition) is 0. The van der Waals surface area contributed by atoms with E-state index in [2.05, 4.69) is 15.9 Å². The first-order valence-corrected chi connectivity index (χ1v) is 9.67. The van der Waals surface area contributed by atoms with Crippen molar-refractivity contribution < 1.29 is 8.42 Å².